The zero-order valence-corrected chi connectivity index (χ0v) is 15.4. The van der Waals surface area contributed by atoms with E-state index >= 15 is 0 Å². The summed E-state index contributed by atoms with van der Waals surface area (Å²) < 4.78 is 23.5. The van der Waals surface area contributed by atoms with Gasteiger partial charge in [0.15, 0.2) is 9.84 Å². The molecule has 10 heteroatoms. The maximum absolute atomic E-state index is 12.1. The molecule has 0 spiro atoms. The van der Waals surface area contributed by atoms with Crippen LogP contribution in [0.2, 0.25) is 0 Å². The molecule has 9 nitrogen and oxygen atoms in total. The molecule has 1 amide bonds. The van der Waals surface area contributed by atoms with Crippen LogP contribution in [-0.2, 0) is 19.4 Å². The van der Waals surface area contributed by atoms with E-state index in [-0.39, 0.29) is 23.1 Å². The van der Waals surface area contributed by atoms with Crippen LogP contribution < -0.4 is 5.32 Å². The molecule has 25 heavy (non-hydrogen) atoms. The van der Waals surface area contributed by atoms with Gasteiger partial charge >= 0.3 is 5.97 Å². The second-order valence-corrected chi connectivity index (χ2v) is 8.51. The van der Waals surface area contributed by atoms with Gasteiger partial charge in [0.1, 0.15) is 17.7 Å². The first-order valence-electron chi connectivity index (χ1n) is 7.82. The summed E-state index contributed by atoms with van der Waals surface area (Å²) in [5.41, 5.74) is -0.254. The summed E-state index contributed by atoms with van der Waals surface area (Å²) >= 11 is 0. The number of nitriles is 1. The average molecular weight is 372 g/mol. The summed E-state index contributed by atoms with van der Waals surface area (Å²) in [6.45, 7) is 2.35. The first-order chi connectivity index (χ1) is 11.6. The third-order valence-corrected chi connectivity index (χ3v) is 5.61. The number of likely N-dealkylation sites (N-methyl/N-ethyl adjacent to an activating group) is 1. The van der Waals surface area contributed by atoms with Crippen LogP contribution in [0.1, 0.15) is 13.3 Å². The highest BCUT2D eigenvalue weighted by Gasteiger charge is 2.31. The third kappa shape index (κ3) is 6.72. The van der Waals surface area contributed by atoms with Crippen LogP contribution in [-0.4, -0.2) is 86.0 Å². The molecule has 0 aromatic heterocycles. The molecule has 2 unspecified atom stereocenters. The lowest BCUT2D eigenvalue weighted by molar-refractivity contribution is -0.140. The van der Waals surface area contributed by atoms with E-state index in [1.54, 1.807) is 11.0 Å². The molecular weight excluding hydrogens is 348 g/mol. The minimum atomic E-state index is -3.12. The van der Waals surface area contributed by atoms with Crippen LogP contribution in [0.4, 0.5) is 0 Å². The lowest BCUT2D eigenvalue weighted by atomic mass is 10.2. The van der Waals surface area contributed by atoms with Crippen molar-refractivity contribution in [1.82, 2.24) is 15.1 Å². The molecule has 1 aliphatic heterocycles. The van der Waals surface area contributed by atoms with Crippen molar-refractivity contribution in [3.8, 4) is 6.07 Å². The largest absolute Gasteiger partial charge is 0.480 e. The monoisotopic (exact) mass is 372 g/mol. The molecule has 2 atom stereocenters. The summed E-state index contributed by atoms with van der Waals surface area (Å²) in [6, 6.07) is 0.319. The Balaban J connectivity index is 2.98. The highest BCUT2D eigenvalue weighted by atomic mass is 32.2. The predicted octanol–water partition coefficient (Wildman–Crippen LogP) is -0.966. The van der Waals surface area contributed by atoms with Gasteiger partial charge in [-0.15, -0.1) is 0 Å². The Morgan fingerprint density at radius 3 is 2.48 bits per heavy atom. The fourth-order valence-electron chi connectivity index (χ4n) is 2.35. The summed E-state index contributed by atoms with van der Waals surface area (Å²) in [5.74, 6) is -1.96. The second kappa shape index (κ2) is 8.82. The van der Waals surface area contributed by atoms with Crippen LogP contribution in [0, 0.1) is 11.3 Å². The minimum absolute atomic E-state index is 0.0250. The number of nitrogens with one attached hydrogen (secondary N) is 1. The maximum Gasteiger partial charge on any atom is 0.325 e. The van der Waals surface area contributed by atoms with E-state index in [0.29, 0.717) is 19.5 Å². The van der Waals surface area contributed by atoms with Gasteiger partial charge in [0.25, 0.3) is 5.91 Å². The van der Waals surface area contributed by atoms with Crippen molar-refractivity contribution in [3.63, 3.8) is 0 Å². The number of sulfone groups is 1. The van der Waals surface area contributed by atoms with Crippen molar-refractivity contribution in [2.75, 3.05) is 38.7 Å². The van der Waals surface area contributed by atoms with Gasteiger partial charge < -0.3 is 20.2 Å². The lowest BCUT2D eigenvalue weighted by Crippen LogP contribution is -2.41. The van der Waals surface area contributed by atoms with Crippen molar-refractivity contribution < 1.29 is 23.1 Å². The molecule has 1 saturated heterocycles. The Kier molecular flexibility index (Phi) is 7.38. The molecule has 0 aromatic carbocycles. The fraction of sp³-hybridized carbons (Fsp3) is 0.667. The SMILES string of the molecule is CC(NC(=O)/C(C#N)=C\N(CCN(C)C)C1CCS(=O)(=O)C1)C(=O)O. The van der Waals surface area contributed by atoms with E-state index in [4.69, 9.17) is 5.11 Å². The number of carbonyl (C=O) groups is 2. The van der Waals surface area contributed by atoms with Crippen LogP contribution >= 0.6 is 0 Å². The zero-order chi connectivity index (χ0) is 19.2. The van der Waals surface area contributed by atoms with Gasteiger partial charge in [-0.3, -0.25) is 9.59 Å². The molecule has 1 rings (SSSR count). The van der Waals surface area contributed by atoms with Crippen molar-refractivity contribution in [1.29, 1.82) is 5.26 Å². The van der Waals surface area contributed by atoms with E-state index in [2.05, 4.69) is 5.32 Å². The quantitative estimate of drug-likeness (QED) is 0.411. The lowest BCUT2D eigenvalue weighted by Gasteiger charge is -2.28. The Hall–Kier alpha value is -2.12. The Morgan fingerprint density at radius 1 is 1.40 bits per heavy atom. The number of hydrogen-bond acceptors (Lipinski definition) is 7. The van der Waals surface area contributed by atoms with E-state index in [1.807, 2.05) is 19.0 Å². The Labute approximate surface area is 147 Å². The number of carboxylic acid groups (broad SMARTS) is 1. The van der Waals surface area contributed by atoms with E-state index in [1.165, 1.54) is 13.1 Å². The number of rotatable bonds is 8. The highest BCUT2D eigenvalue weighted by Crippen LogP contribution is 2.19. The number of hydrogen-bond donors (Lipinski definition) is 2. The second-order valence-electron chi connectivity index (χ2n) is 6.29. The van der Waals surface area contributed by atoms with Gasteiger partial charge in [-0.05, 0) is 27.4 Å². The number of carbonyl (C=O) groups excluding carboxylic acids is 1. The molecule has 0 saturated carbocycles. The Morgan fingerprint density at radius 2 is 2.04 bits per heavy atom. The summed E-state index contributed by atoms with van der Waals surface area (Å²) in [6.07, 6.45) is 1.76. The van der Waals surface area contributed by atoms with Gasteiger partial charge in [-0.25, -0.2) is 8.42 Å². The van der Waals surface area contributed by atoms with Crippen molar-refractivity contribution in [2.45, 2.75) is 25.4 Å². The molecule has 0 aromatic rings. The van der Waals surface area contributed by atoms with Crippen molar-refractivity contribution in [2.24, 2.45) is 0 Å². The number of amides is 1. The van der Waals surface area contributed by atoms with Gasteiger partial charge in [0.2, 0.25) is 0 Å². The summed E-state index contributed by atoms with van der Waals surface area (Å²) in [5, 5.41) is 20.3. The molecule has 140 valence electrons. The molecule has 2 N–H and O–H groups in total. The van der Waals surface area contributed by atoms with Crippen molar-refractivity contribution in [3.05, 3.63) is 11.8 Å². The normalized spacial score (nSPS) is 20.8. The topological polar surface area (TPSA) is 131 Å². The van der Waals surface area contributed by atoms with Crippen molar-refractivity contribution >= 4 is 21.7 Å². The van der Waals surface area contributed by atoms with Crippen LogP contribution in [0.3, 0.4) is 0 Å². The molecule has 1 fully saturated rings. The van der Waals surface area contributed by atoms with E-state index in [0.717, 1.165) is 0 Å². The molecular formula is C15H24N4O5S. The van der Waals surface area contributed by atoms with Gasteiger partial charge in [-0.2, -0.15) is 5.26 Å². The van der Waals surface area contributed by atoms with Crippen LogP contribution in [0.15, 0.2) is 11.8 Å². The molecule has 0 aliphatic carbocycles. The number of carboxylic acids is 1. The standard InChI is InChI=1S/C15H24N4O5S/c1-11(15(21)22)17-14(20)12(8-16)9-19(6-5-18(2)3)13-4-7-25(23,24)10-13/h9,11,13H,4-7,10H2,1-3H3,(H,17,20)(H,21,22)/b12-9-. The molecule has 0 bridgehead atoms. The fourth-order valence-corrected chi connectivity index (χ4v) is 4.09. The summed E-state index contributed by atoms with van der Waals surface area (Å²) in [4.78, 5) is 26.5. The zero-order valence-electron chi connectivity index (χ0n) is 14.6. The summed E-state index contributed by atoms with van der Waals surface area (Å²) in [7, 11) is 0.604. The first-order valence-corrected chi connectivity index (χ1v) is 9.64. The first kappa shape index (κ1) is 20.9. The molecule has 0 radical (unpaired) electrons. The molecule has 1 heterocycles. The number of nitrogens with zero attached hydrogens (tertiary/aromatic N) is 3. The van der Waals surface area contributed by atoms with Crippen LogP contribution in [0.25, 0.3) is 0 Å². The van der Waals surface area contributed by atoms with Crippen LogP contribution in [0.5, 0.6) is 0 Å². The smallest absolute Gasteiger partial charge is 0.325 e. The highest BCUT2D eigenvalue weighted by molar-refractivity contribution is 7.91. The molecule has 1 aliphatic rings. The van der Waals surface area contributed by atoms with Gasteiger partial charge in [0.05, 0.1) is 11.5 Å². The third-order valence-electron chi connectivity index (χ3n) is 3.86. The van der Waals surface area contributed by atoms with Gasteiger partial charge in [-0.1, -0.05) is 0 Å². The van der Waals surface area contributed by atoms with E-state index < -0.39 is 27.8 Å². The number of aliphatic carboxylic acids is 1. The minimum Gasteiger partial charge on any atom is -0.480 e. The van der Waals surface area contributed by atoms with E-state index in [9.17, 15) is 23.3 Å². The average Bonchev–Trinajstić information content (AvgIpc) is 2.86. The van der Waals surface area contributed by atoms with Gasteiger partial charge in [0, 0.05) is 25.3 Å². The Bertz CT molecular complexity index is 681. The predicted molar refractivity (Wildman–Crippen MR) is 91.3 cm³/mol. The maximum atomic E-state index is 12.1.